The third kappa shape index (κ3) is 68.3. The molecular weight excluding hydrogens is 1260 g/mol. The third-order valence-corrected chi connectivity index (χ3v) is 17.1. The third-order valence-electron chi connectivity index (χ3n) is 15.2. The maximum Gasteiger partial charge on any atom is 0.472 e. The molecule has 17 nitrogen and oxygen atoms in total. The van der Waals surface area contributed by atoms with E-state index in [4.69, 9.17) is 37.0 Å². The highest BCUT2D eigenvalue weighted by molar-refractivity contribution is 7.47. The molecule has 0 bridgehead atoms. The molecule has 0 aromatic heterocycles. The number of hydrogen-bond acceptors (Lipinski definition) is 15. The number of phosphoric acid groups is 2. The number of carbonyl (C=O) groups is 4. The van der Waals surface area contributed by atoms with Crippen molar-refractivity contribution in [3.63, 3.8) is 0 Å². The van der Waals surface area contributed by atoms with Gasteiger partial charge in [0.1, 0.15) is 19.3 Å². The van der Waals surface area contributed by atoms with E-state index in [1.165, 1.54) is 51.4 Å². The van der Waals surface area contributed by atoms with Gasteiger partial charge in [-0.2, -0.15) is 0 Å². The summed E-state index contributed by atoms with van der Waals surface area (Å²) in [5, 5.41) is 10.6. The van der Waals surface area contributed by atoms with Crippen molar-refractivity contribution in [3.8, 4) is 0 Å². The number of aliphatic hydroxyl groups excluding tert-OH is 1. The SMILES string of the molecule is CC/C=C\C/C=C\C/C=C\C/C=C\CCCCCCCCC(=O)OCC(COP(=O)(O)OCC(O)COP(=O)(O)OCC(COC(=O)CCCC/C=C\C/C=C\C/C=C\C/C=C\CC)OC(=O)CCCCCCC/C=C\CCCC)OC(=O)CCCCCCCCCCCCC. The van der Waals surface area contributed by atoms with Crippen LogP contribution in [0.5, 0.6) is 0 Å². The minimum atomic E-state index is -4.98. The largest absolute Gasteiger partial charge is 0.472 e. The second-order valence-corrected chi connectivity index (χ2v) is 27.4. The Morgan fingerprint density at radius 3 is 0.896 bits per heavy atom. The fourth-order valence-corrected chi connectivity index (χ4v) is 11.2. The molecule has 0 aliphatic carbocycles. The van der Waals surface area contributed by atoms with Crippen LogP contribution in [0.4, 0.5) is 0 Å². The number of esters is 4. The molecule has 5 unspecified atom stereocenters. The monoisotopic (exact) mass is 1390 g/mol. The second kappa shape index (κ2) is 69.2. The average molecular weight is 1390 g/mol. The van der Waals surface area contributed by atoms with Crippen LogP contribution in [0.25, 0.3) is 0 Å². The van der Waals surface area contributed by atoms with Crippen LogP contribution in [0.2, 0.25) is 0 Å². The predicted molar refractivity (Wildman–Crippen MR) is 390 cm³/mol. The van der Waals surface area contributed by atoms with E-state index in [0.717, 1.165) is 167 Å². The number of aliphatic hydroxyl groups is 1. The predicted octanol–water partition coefficient (Wildman–Crippen LogP) is 21.0. The van der Waals surface area contributed by atoms with Crippen LogP contribution in [0.15, 0.2) is 109 Å². The summed E-state index contributed by atoms with van der Waals surface area (Å²) in [6.45, 7) is 4.52. The summed E-state index contributed by atoms with van der Waals surface area (Å²) in [5.41, 5.74) is 0. The zero-order valence-electron chi connectivity index (χ0n) is 60.0. The van der Waals surface area contributed by atoms with E-state index in [1.807, 2.05) is 0 Å². The standard InChI is InChI=1S/C77H132O17P2/c1-5-9-13-17-21-25-29-31-33-34-35-36-38-40-44-46-50-54-58-62-75(80)88-68-73(94-77(82)64-60-56-52-48-42-28-24-20-16-12-8-4)70-92-96(85,86)90-66-71(78)65-89-95(83,84)91-69-72(93-76(81)63-59-55-51-47-41-27-23-19-15-11-7-3)67-87-74(79)61-57-53-49-45-43-39-37-32-30-26-22-18-14-10-6-2/h9-10,13-14,19,21-23,25-26,31-33,35-37,43,45,71-73,78H,5-8,11-12,15-18,20,24,27-30,34,38-42,44,46-70H2,1-4H3,(H,83,84)(H,85,86)/b13-9-,14-10-,23-19-,25-21-,26-22-,33-31-,36-35-,37-32-,45-43-. The van der Waals surface area contributed by atoms with Crippen molar-refractivity contribution >= 4 is 39.5 Å². The van der Waals surface area contributed by atoms with Crippen LogP contribution in [-0.2, 0) is 65.4 Å². The van der Waals surface area contributed by atoms with Gasteiger partial charge in [-0.25, -0.2) is 9.13 Å². The molecule has 0 fully saturated rings. The van der Waals surface area contributed by atoms with Gasteiger partial charge < -0.3 is 33.8 Å². The van der Waals surface area contributed by atoms with Gasteiger partial charge in [0, 0.05) is 25.7 Å². The molecule has 0 rings (SSSR count). The number of rotatable bonds is 69. The van der Waals surface area contributed by atoms with Gasteiger partial charge in [0.2, 0.25) is 0 Å². The molecule has 552 valence electrons. The molecule has 0 saturated heterocycles. The molecule has 5 atom stereocenters. The molecule has 0 spiro atoms. The van der Waals surface area contributed by atoms with Gasteiger partial charge in [0.05, 0.1) is 26.4 Å². The van der Waals surface area contributed by atoms with Crippen molar-refractivity contribution in [2.24, 2.45) is 0 Å². The number of phosphoric ester groups is 2. The Bertz CT molecular complexity index is 2250. The second-order valence-electron chi connectivity index (χ2n) is 24.5. The molecule has 19 heteroatoms. The molecule has 0 aliphatic heterocycles. The number of hydrogen-bond donors (Lipinski definition) is 3. The summed E-state index contributed by atoms with van der Waals surface area (Å²) >= 11 is 0. The Kier molecular flexibility index (Phi) is 66.1. The van der Waals surface area contributed by atoms with Gasteiger partial charge in [0.25, 0.3) is 0 Å². The topological polar surface area (TPSA) is 237 Å². The van der Waals surface area contributed by atoms with Crippen molar-refractivity contribution in [1.29, 1.82) is 0 Å². The molecule has 0 heterocycles. The molecule has 3 N–H and O–H groups in total. The van der Waals surface area contributed by atoms with Crippen LogP contribution >= 0.6 is 15.6 Å². The molecule has 0 aliphatic rings. The Balaban J connectivity index is 5.32. The van der Waals surface area contributed by atoms with Crippen molar-refractivity contribution in [3.05, 3.63) is 109 Å². The zero-order valence-corrected chi connectivity index (χ0v) is 61.8. The van der Waals surface area contributed by atoms with Gasteiger partial charge in [0.15, 0.2) is 12.2 Å². The van der Waals surface area contributed by atoms with Crippen molar-refractivity contribution in [2.45, 2.75) is 316 Å². The van der Waals surface area contributed by atoms with Crippen LogP contribution in [0.3, 0.4) is 0 Å². The molecule has 0 aromatic rings. The van der Waals surface area contributed by atoms with E-state index in [2.05, 4.69) is 137 Å². The number of allylic oxidation sites excluding steroid dienone is 18. The Hall–Kier alpha value is -4.28. The van der Waals surface area contributed by atoms with E-state index < -0.39 is 97.5 Å². The minimum Gasteiger partial charge on any atom is -0.462 e. The lowest BCUT2D eigenvalue weighted by Gasteiger charge is -2.21. The Morgan fingerprint density at radius 2 is 0.552 bits per heavy atom. The van der Waals surface area contributed by atoms with Crippen LogP contribution in [0, 0.1) is 0 Å². The number of unbranched alkanes of at least 4 members (excludes halogenated alkanes) is 25. The summed E-state index contributed by atoms with van der Waals surface area (Å²) in [6, 6.07) is 0. The van der Waals surface area contributed by atoms with E-state index >= 15 is 0 Å². The average Bonchev–Trinajstić information content (AvgIpc) is 1.15. The van der Waals surface area contributed by atoms with Gasteiger partial charge >= 0.3 is 39.5 Å². The molecular formula is C77H132O17P2. The van der Waals surface area contributed by atoms with E-state index in [-0.39, 0.29) is 25.7 Å². The summed E-state index contributed by atoms with van der Waals surface area (Å²) < 4.78 is 68.3. The first-order valence-electron chi connectivity index (χ1n) is 37.1. The zero-order chi connectivity index (χ0) is 70.4. The smallest absolute Gasteiger partial charge is 0.462 e. The highest BCUT2D eigenvalue weighted by atomic mass is 31.2. The van der Waals surface area contributed by atoms with Gasteiger partial charge in [-0.15, -0.1) is 0 Å². The van der Waals surface area contributed by atoms with Crippen LogP contribution < -0.4 is 0 Å². The van der Waals surface area contributed by atoms with Crippen LogP contribution in [0.1, 0.15) is 297 Å². The lowest BCUT2D eigenvalue weighted by molar-refractivity contribution is -0.161. The first-order chi connectivity index (χ1) is 46.7. The molecule has 0 saturated carbocycles. The highest BCUT2D eigenvalue weighted by Crippen LogP contribution is 2.45. The molecule has 96 heavy (non-hydrogen) atoms. The van der Waals surface area contributed by atoms with E-state index in [1.54, 1.807) is 0 Å². The maximum absolute atomic E-state index is 13.0. The minimum absolute atomic E-state index is 0.0746. The Labute approximate surface area is 581 Å². The van der Waals surface area contributed by atoms with E-state index in [0.29, 0.717) is 25.7 Å². The van der Waals surface area contributed by atoms with Gasteiger partial charge in [-0.1, -0.05) is 259 Å². The Morgan fingerprint density at radius 1 is 0.302 bits per heavy atom. The summed E-state index contributed by atoms with van der Waals surface area (Å²) in [7, 11) is -9.95. The maximum atomic E-state index is 13.0. The highest BCUT2D eigenvalue weighted by Gasteiger charge is 2.30. The molecule has 0 amide bonds. The van der Waals surface area contributed by atoms with Gasteiger partial charge in [-0.3, -0.25) is 37.3 Å². The fourth-order valence-electron chi connectivity index (χ4n) is 9.59. The normalized spacial score (nSPS) is 14.6. The van der Waals surface area contributed by atoms with Crippen LogP contribution in [-0.4, -0.2) is 96.7 Å². The first kappa shape index (κ1) is 91.7. The summed E-state index contributed by atoms with van der Waals surface area (Å²) in [5.74, 6) is -2.24. The van der Waals surface area contributed by atoms with Crippen molar-refractivity contribution < 1.29 is 80.2 Å². The quantitative estimate of drug-likeness (QED) is 0.0169. The number of carbonyl (C=O) groups excluding carboxylic acids is 4. The first-order valence-corrected chi connectivity index (χ1v) is 40.1. The number of ether oxygens (including phenoxy) is 4. The van der Waals surface area contributed by atoms with E-state index in [9.17, 15) is 43.2 Å². The molecule has 0 aromatic carbocycles. The fraction of sp³-hybridized carbons (Fsp3) is 0.714. The summed E-state index contributed by atoms with van der Waals surface area (Å²) in [4.78, 5) is 72.7. The van der Waals surface area contributed by atoms with Crippen molar-refractivity contribution in [1.82, 2.24) is 0 Å². The lowest BCUT2D eigenvalue weighted by atomic mass is 10.1. The lowest BCUT2D eigenvalue weighted by Crippen LogP contribution is -2.30. The molecule has 0 radical (unpaired) electrons. The van der Waals surface area contributed by atoms with Crippen molar-refractivity contribution in [2.75, 3.05) is 39.6 Å². The summed E-state index contributed by atoms with van der Waals surface area (Å²) in [6.07, 6.45) is 72.4. The van der Waals surface area contributed by atoms with Gasteiger partial charge in [-0.05, 0) is 122 Å².